The van der Waals surface area contributed by atoms with E-state index in [-0.39, 0.29) is 5.69 Å². The molecule has 1 aromatic carbocycles. The van der Waals surface area contributed by atoms with Crippen LogP contribution in [0.15, 0.2) is 23.1 Å². The lowest BCUT2D eigenvalue weighted by Crippen LogP contribution is -2.08. The molecule has 2 unspecified atom stereocenters. The van der Waals surface area contributed by atoms with E-state index in [4.69, 9.17) is 5.73 Å². The Kier molecular flexibility index (Phi) is 4.93. The number of anilines is 1. The summed E-state index contributed by atoms with van der Waals surface area (Å²) in [5.41, 5.74) is 5.46. The first-order valence-electron chi connectivity index (χ1n) is 5.48. The van der Waals surface area contributed by atoms with Crippen LogP contribution in [0.2, 0.25) is 0 Å². The van der Waals surface area contributed by atoms with E-state index in [9.17, 15) is 8.60 Å². The summed E-state index contributed by atoms with van der Waals surface area (Å²) >= 11 is 0. The van der Waals surface area contributed by atoms with Crippen molar-refractivity contribution in [2.45, 2.75) is 31.6 Å². The fourth-order valence-electron chi connectivity index (χ4n) is 1.58. The molecule has 0 fully saturated rings. The monoisotopic (exact) mass is 243 g/mol. The zero-order chi connectivity index (χ0) is 12.1. The zero-order valence-corrected chi connectivity index (χ0v) is 10.5. The number of halogens is 1. The molecule has 0 aliphatic rings. The summed E-state index contributed by atoms with van der Waals surface area (Å²) in [6.07, 6.45) is 2.12. The third kappa shape index (κ3) is 3.59. The molecule has 16 heavy (non-hydrogen) atoms. The van der Waals surface area contributed by atoms with Crippen LogP contribution in [0.25, 0.3) is 0 Å². The summed E-state index contributed by atoms with van der Waals surface area (Å²) in [5.74, 6) is 0.484. The molecular formula is C12H18FNOS. The van der Waals surface area contributed by atoms with Gasteiger partial charge in [0.15, 0.2) is 0 Å². The minimum Gasteiger partial charge on any atom is -0.396 e. The smallest absolute Gasteiger partial charge is 0.147 e. The van der Waals surface area contributed by atoms with Crippen molar-refractivity contribution >= 4 is 16.5 Å². The maximum Gasteiger partial charge on any atom is 0.147 e. The Balaban J connectivity index is 2.69. The first kappa shape index (κ1) is 13.2. The van der Waals surface area contributed by atoms with Crippen molar-refractivity contribution in [2.24, 2.45) is 5.92 Å². The lowest BCUT2D eigenvalue weighted by molar-refractivity contribution is 0.573. The van der Waals surface area contributed by atoms with Gasteiger partial charge in [-0.2, -0.15) is 0 Å². The molecule has 0 aliphatic heterocycles. The summed E-state index contributed by atoms with van der Waals surface area (Å²) in [6, 6.07) is 4.37. The molecule has 0 aromatic heterocycles. The molecule has 2 atom stereocenters. The van der Waals surface area contributed by atoms with Crippen molar-refractivity contribution < 1.29 is 8.60 Å². The minimum atomic E-state index is -1.13. The van der Waals surface area contributed by atoms with E-state index in [1.54, 1.807) is 6.07 Å². The fourth-order valence-corrected chi connectivity index (χ4v) is 2.91. The van der Waals surface area contributed by atoms with Crippen LogP contribution < -0.4 is 5.73 Å². The Morgan fingerprint density at radius 2 is 2.19 bits per heavy atom. The van der Waals surface area contributed by atoms with Gasteiger partial charge in [0.1, 0.15) is 5.82 Å². The fraction of sp³-hybridized carbons (Fsp3) is 0.500. The van der Waals surface area contributed by atoms with Crippen LogP contribution in [-0.2, 0) is 10.8 Å². The number of nitrogens with two attached hydrogens (primary N) is 1. The Morgan fingerprint density at radius 3 is 2.75 bits per heavy atom. The highest BCUT2D eigenvalue weighted by Crippen LogP contribution is 2.17. The maximum atomic E-state index is 13.2. The van der Waals surface area contributed by atoms with Crippen molar-refractivity contribution in [3.8, 4) is 0 Å². The highest BCUT2D eigenvalue weighted by Gasteiger charge is 2.10. The van der Waals surface area contributed by atoms with Gasteiger partial charge in [-0.3, -0.25) is 4.21 Å². The van der Waals surface area contributed by atoms with Crippen LogP contribution in [0.5, 0.6) is 0 Å². The second-order valence-corrected chi connectivity index (χ2v) is 5.59. The van der Waals surface area contributed by atoms with Crippen molar-refractivity contribution in [2.75, 3.05) is 11.5 Å². The summed E-state index contributed by atoms with van der Waals surface area (Å²) < 4.78 is 25.1. The molecule has 2 nitrogen and oxygen atoms in total. The third-order valence-electron chi connectivity index (χ3n) is 2.45. The topological polar surface area (TPSA) is 43.1 Å². The predicted molar refractivity (Wildman–Crippen MR) is 66.2 cm³/mol. The molecule has 0 spiro atoms. The van der Waals surface area contributed by atoms with Crippen molar-refractivity contribution in [1.29, 1.82) is 0 Å². The van der Waals surface area contributed by atoms with Gasteiger partial charge in [0.2, 0.25) is 0 Å². The van der Waals surface area contributed by atoms with E-state index in [1.165, 1.54) is 12.1 Å². The highest BCUT2D eigenvalue weighted by atomic mass is 32.2. The molecule has 0 saturated heterocycles. The van der Waals surface area contributed by atoms with Crippen molar-refractivity contribution in [1.82, 2.24) is 0 Å². The summed E-state index contributed by atoms with van der Waals surface area (Å²) in [7, 11) is -1.13. The second-order valence-electron chi connectivity index (χ2n) is 4.09. The number of hydrogen-bond acceptors (Lipinski definition) is 2. The summed E-state index contributed by atoms with van der Waals surface area (Å²) in [6.45, 7) is 4.16. The van der Waals surface area contributed by atoms with Crippen molar-refractivity contribution in [3.63, 3.8) is 0 Å². The summed E-state index contributed by atoms with van der Waals surface area (Å²) in [5, 5.41) is 0. The van der Waals surface area contributed by atoms with Gasteiger partial charge in [-0.05, 0) is 24.1 Å². The molecule has 0 saturated carbocycles. The number of hydrogen-bond donors (Lipinski definition) is 1. The van der Waals surface area contributed by atoms with Crippen LogP contribution in [0.1, 0.15) is 26.7 Å². The Hall–Kier alpha value is -0.900. The maximum absolute atomic E-state index is 13.2. The molecule has 0 aliphatic carbocycles. The molecule has 0 bridgehead atoms. The largest absolute Gasteiger partial charge is 0.396 e. The van der Waals surface area contributed by atoms with Crippen LogP contribution in [0, 0.1) is 11.7 Å². The van der Waals surface area contributed by atoms with Gasteiger partial charge in [0.05, 0.1) is 16.5 Å². The molecule has 90 valence electrons. The van der Waals surface area contributed by atoms with E-state index in [2.05, 4.69) is 13.8 Å². The molecule has 0 radical (unpaired) electrons. The summed E-state index contributed by atoms with van der Waals surface area (Å²) in [4.78, 5) is 0.523. The van der Waals surface area contributed by atoms with Crippen LogP contribution in [0.4, 0.5) is 10.1 Å². The Morgan fingerprint density at radius 1 is 1.50 bits per heavy atom. The third-order valence-corrected chi connectivity index (χ3v) is 4.10. The molecule has 2 N–H and O–H groups in total. The average molecular weight is 243 g/mol. The molecule has 1 rings (SSSR count). The van der Waals surface area contributed by atoms with Crippen LogP contribution in [0.3, 0.4) is 0 Å². The van der Waals surface area contributed by atoms with E-state index < -0.39 is 16.6 Å². The number of rotatable bonds is 5. The first-order valence-corrected chi connectivity index (χ1v) is 6.80. The number of benzene rings is 1. The van der Waals surface area contributed by atoms with Gasteiger partial charge in [-0.25, -0.2) is 4.39 Å². The van der Waals surface area contributed by atoms with Crippen LogP contribution >= 0.6 is 0 Å². The van der Waals surface area contributed by atoms with Gasteiger partial charge in [0.25, 0.3) is 0 Å². The average Bonchev–Trinajstić information content (AvgIpc) is 2.22. The normalized spacial score (nSPS) is 14.7. The second kappa shape index (κ2) is 5.99. The SMILES string of the molecule is CCCC(C)CS(=O)c1ccc(N)c(F)c1. The quantitative estimate of drug-likeness (QED) is 0.808. The molecule has 1 aromatic rings. The van der Waals surface area contributed by atoms with Gasteiger partial charge in [-0.15, -0.1) is 0 Å². The molecular weight excluding hydrogens is 225 g/mol. The van der Waals surface area contributed by atoms with Gasteiger partial charge < -0.3 is 5.73 Å². The van der Waals surface area contributed by atoms with E-state index in [1.807, 2.05) is 0 Å². The van der Waals surface area contributed by atoms with E-state index in [0.29, 0.717) is 16.6 Å². The van der Waals surface area contributed by atoms with Crippen molar-refractivity contribution in [3.05, 3.63) is 24.0 Å². The van der Waals surface area contributed by atoms with Gasteiger partial charge in [0, 0.05) is 10.6 Å². The highest BCUT2D eigenvalue weighted by molar-refractivity contribution is 7.85. The predicted octanol–water partition coefficient (Wildman–Crippen LogP) is 2.95. The van der Waals surface area contributed by atoms with E-state index >= 15 is 0 Å². The molecule has 0 heterocycles. The lowest BCUT2D eigenvalue weighted by atomic mass is 10.1. The standard InChI is InChI=1S/C12H18FNOS/c1-3-4-9(2)8-16(15)10-5-6-12(14)11(13)7-10/h5-7,9H,3-4,8,14H2,1-2H3. The lowest BCUT2D eigenvalue weighted by Gasteiger charge is -2.09. The van der Waals surface area contributed by atoms with Crippen LogP contribution in [-0.4, -0.2) is 9.96 Å². The van der Waals surface area contributed by atoms with E-state index in [0.717, 1.165) is 12.8 Å². The zero-order valence-electron chi connectivity index (χ0n) is 9.70. The Bertz CT molecular complexity index is 381. The number of nitrogen functional groups attached to an aromatic ring is 1. The first-order chi connectivity index (χ1) is 7.54. The molecule has 4 heteroatoms. The minimum absolute atomic E-state index is 0.0994. The molecule has 0 amide bonds. The Labute approximate surface area is 98.5 Å². The van der Waals surface area contributed by atoms with Gasteiger partial charge >= 0.3 is 0 Å². The van der Waals surface area contributed by atoms with Gasteiger partial charge in [-0.1, -0.05) is 26.7 Å².